The molecule has 0 atom stereocenters. The maximum absolute atomic E-state index is 2.42. The highest BCUT2D eigenvalue weighted by molar-refractivity contribution is 6.27. The Morgan fingerprint density at radius 1 is 0.126 bits per heavy atom. The van der Waals surface area contributed by atoms with E-state index in [1.807, 2.05) is 0 Å². The highest BCUT2D eigenvalue weighted by atomic mass is 14.5. The summed E-state index contributed by atoms with van der Waals surface area (Å²) in [6, 6.07) is 104. The minimum Gasteiger partial charge on any atom is -0.0620 e. The summed E-state index contributed by atoms with van der Waals surface area (Å²) in [7, 11) is 0. The molecule has 20 aromatic rings. The maximum atomic E-state index is 2.42. The molecule has 0 radical (unpaired) electrons. The second-order valence-electron chi connectivity index (χ2n) is 37.8. The van der Waals surface area contributed by atoms with Crippen molar-refractivity contribution in [1.29, 1.82) is 0 Å². The van der Waals surface area contributed by atoms with Gasteiger partial charge in [-0.15, -0.1) is 0 Å². The van der Waals surface area contributed by atoms with Crippen molar-refractivity contribution in [2.45, 2.75) is 185 Å². The molecular weight excluding hydrogens is 1530 g/mol. The molecule has 0 heteroatoms. The van der Waals surface area contributed by atoms with Crippen LogP contribution >= 0.6 is 0 Å². The highest BCUT2D eigenvalue weighted by Gasteiger charge is 2.52. The molecule has 127 heavy (non-hydrogen) atoms. The molecule has 0 nitrogen and oxygen atoms in total. The Balaban J connectivity index is 0.000000112. The quantitative estimate of drug-likeness (QED) is 0.105. The molecule has 2 aliphatic rings. The third-order valence-corrected chi connectivity index (χ3v) is 28.3. The fourth-order valence-corrected chi connectivity index (χ4v) is 20.4. The molecule has 0 fully saturated rings. The molecule has 632 valence electrons. The lowest BCUT2D eigenvalue weighted by molar-refractivity contribution is 0.789. The molecular formula is C127H124. The van der Waals surface area contributed by atoms with Crippen LogP contribution in [0.25, 0.3) is 130 Å². The first-order valence-electron chi connectivity index (χ1n) is 45.7. The molecule has 0 saturated carbocycles. The molecule has 1 spiro atoms. The molecule has 0 bridgehead atoms. The Hall–Kier alpha value is -13.0. The van der Waals surface area contributed by atoms with Crippen LogP contribution in [-0.4, -0.2) is 0 Å². The minimum absolute atomic E-state index is 0.217. The van der Waals surface area contributed by atoms with Crippen LogP contribution < -0.4 is 0 Å². The van der Waals surface area contributed by atoms with Gasteiger partial charge in [0.25, 0.3) is 0 Å². The lowest BCUT2D eigenvalue weighted by atomic mass is 9.70. The van der Waals surface area contributed by atoms with Gasteiger partial charge in [-0.3, -0.25) is 0 Å². The molecule has 0 aliphatic heterocycles. The fourth-order valence-electron chi connectivity index (χ4n) is 20.4. The van der Waals surface area contributed by atoms with Crippen LogP contribution in [0.2, 0.25) is 0 Å². The van der Waals surface area contributed by atoms with E-state index in [0.29, 0.717) is 0 Å². The number of fused-ring (bicyclic) bond motifs is 26. The van der Waals surface area contributed by atoms with Crippen LogP contribution in [0.1, 0.15) is 167 Å². The fraction of sp³-hybridized carbons (Fsp3) is 0.213. The van der Waals surface area contributed by atoms with Crippen LogP contribution in [0.4, 0.5) is 0 Å². The summed E-state index contributed by atoms with van der Waals surface area (Å²) >= 11 is 0. The summed E-state index contributed by atoms with van der Waals surface area (Å²) < 4.78 is 0. The van der Waals surface area contributed by atoms with Gasteiger partial charge in [-0.1, -0.05) is 335 Å². The summed E-state index contributed by atoms with van der Waals surface area (Å²) in [4.78, 5) is 0. The standard InChI is InChI=1S/C29H24.2C22H20.C18H18.2C14H16.C8H10/c1-17-5-9-21-22-10-6-18(2)14-26(22)29(25(21)13-17)27-15-19(3)7-11-23(27)24-12-8-20(4)16-28(24)29;1-13-5-7-17-19(9-13)20-10-14(2)6-8-18(20)22-12-16(4)15(3)11-21(17)22;1-13-5-7-17-18-8-6-14(2)10-20(18)22-12-16(4)15(3)11-21(22)19(17)9-13;1-11-5-7-15-14(4)18-10-12(2)6-8-16(18)13(3)17(15)9-11;1-9-5-7-14-12(4)10(2)6-8-13(14)11(9)3;1-9-5-6-11(3)14-12(4)8-7-10(2)13(9)14;1-7-5-3-4-6-8(7)2/h5-16H,1-4H3;2*5-12H,1-4H3;5-10H,1-4H3;2*5-8H,1-4H3;3-6H,1-2H3. The molecule has 0 saturated heterocycles. The Labute approximate surface area is 756 Å². The van der Waals surface area contributed by atoms with Gasteiger partial charge in [0.05, 0.1) is 5.41 Å². The summed E-state index contributed by atoms with van der Waals surface area (Å²) in [5.41, 5.74) is 46.4. The van der Waals surface area contributed by atoms with Crippen molar-refractivity contribution in [3.05, 3.63) is 446 Å². The van der Waals surface area contributed by atoms with Crippen molar-refractivity contribution in [2.24, 2.45) is 0 Å². The van der Waals surface area contributed by atoms with E-state index < -0.39 is 0 Å². The first kappa shape index (κ1) is 87.5. The average molecular weight is 1650 g/mol. The van der Waals surface area contributed by atoms with Crippen LogP contribution in [0, 0.1) is 180 Å². The van der Waals surface area contributed by atoms with Crippen LogP contribution in [0.15, 0.2) is 279 Å². The smallest absolute Gasteiger partial charge is 0.0620 e. The number of hydrogen-bond acceptors (Lipinski definition) is 0. The maximum Gasteiger partial charge on any atom is 0.0725 e. The lowest BCUT2D eigenvalue weighted by Crippen LogP contribution is -2.26. The number of hydrogen-bond donors (Lipinski definition) is 0. The van der Waals surface area contributed by atoms with Gasteiger partial charge < -0.3 is 0 Å². The van der Waals surface area contributed by atoms with Crippen molar-refractivity contribution in [2.75, 3.05) is 0 Å². The lowest BCUT2D eigenvalue weighted by Gasteiger charge is -2.31. The SMILES string of the molecule is Cc1ccc(C)c2c(C)ccc(C)c12.Cc1ccc2c(C)c(C)ccc2c1C.Cc1ccc2c(C)c3cc(C)ccc3c(C)c2c1.Cc1ccc2c(c1)C1(c3cc(C)ccc3-2)c2cc(C)ccc2-c2ccc(C)cc21.Cc1ccc2c(c1)c1cc(C)ccc1c1cc(C)c(C)cc21.Cc1ccc2c3ccc(C)cc3c3cc(C)c(C)cc3c2c1.Cc1ccccc1C. The Morgan fingerprint density at radius 3 is 0.575 bits per heavy atom. The van der Waals surface area contributed by atoms with Crippen molar-refractivity contribution in [3.63, 3.8) is 0 Å². The normalized spacial score (nSPS) is 11.9. The largest absolute Gasteiger partial charge is 0.0725 e. The van der Waals surface area contributed by atoms with Gasteiger partial charge in [-0.2, -0.15) is 0 Å². The van der Waals surface area contributed by atoms with E-state index in [0.717, 1.165) is 0 Å². The van der Waals surface area contributed by atoms with E-state index in [1.54, 1.807) is 0 Å². The van der Waals surface area contributed by atoms with E-state index in [9.17, 15) is 0 Å². The van der Waals surface area contributed by atoms with Gasteiger partial charge in [0.15, 0.2) is 0 Å². The van der Waals surface area contributed by atoms with E-state index in [4.69, 9.17) is 0 Å². The first-order chi connectivity index (χ1) is 60.7. The Kier molecular flexibility index (Phi) is 24.2. The van der Waals surface area contributed by atoms with Gasteiger partial charge in [0.1, 0.15) is 0 Å². The molecule has 0 aromatic heterocycles. The van der Waals surface area contributed by atoms with Crippen LogP contribution in [0.3, 0.4) is 0 Å². The van der Waals surface area contributed by atoms with Crippen molar-refractivity contribution in [3.8, 4) is 22.3 Å². The third kappa shape index (κ3) is 16.3. The number of aryl methyl sites for hydroxylation is 26. The monoisotopic (exact) mass is 1650 g/mol. The Bertz CT molecular complexity index is 7210. The third-order valence-electron chi connectivity index (χ3n) is 28.3. The van der Waals surface area contributed by atoms with Crippen molar-refractivity contribution in [1.82, 2.24) is 0 Å². The van der Waals surface area contributed by atoms with Gasteiger partial charge in [-0.25, -0.2) is 0 Å². The van der Waals surface area contributed by atoms with Crippen molar-refractivity contribution >= 4 is 108 Å². The van der Waals surface area contributed by atoms with E-state index in [1.165, 1.54) is 297 Å². The molecule has 0 amide bonds. The summed E-state index contributed by atoms with van der Waals surface area (Å²) in [5.74, 6) is 0. The minimum atomic E-state index is -0.217. The van der Waals surface area contributed by atoms with E-state index in [-0.39, 0.29) is 5.41 Å². The average Bonchev–Trinajstić information content (AvgIpc) is 1.50. The van der Waals surface area contributed by atoms with E-state index in [2.05, 4.69) is 459 Å². The zero-order chi connectivity index (χ0) is 90.2. The second-order valence-corrected chi connectivity index (χ2v) is 37.8. The zero-order valence-corrected chi connectivity index (χ0v) is 80.1. The highest BCUT2D eigenvalue weighted by Crippen LogP contribution is 2.63. The van der Waals surface area contributed by atoms with Gasteiger partial charge >= 0.3 is 0 Å². The predicted molar refractivity (Wildman–Crippen MR) is 560 cm³/mol. The van der Waals surface area contributed by atoms with E-state index >= 15 is 0 Å². The van der Waals surface area contributed by atoms with Gasteiger partial charge in [-0.05, 0) is 421 Å². The van der Waals surface area contributed by atoms with Crippen LogP contribution in [0.5, 0.6) is 0 Å². The van der Waals surface area contributed by atoms with Gasteiger partial charge in [0, 0.05) is 0 Å². The summed E-state index contributed by atoms with van der Waals surface area (Å²) in [6.07, 6.45) is 0. The molecule has 0 unspecified atom stereocenters. The van der Waals surface area contributed by atoms with Crippen LogP contribution in [-0.2, 0) is 5.41 Å². The molecule has 2 aliphatic carbocycles. The first-order valence-corrected chi connectivity index (χ1v) is 45.7. The molecule has 0 N–H and O–H groups in total. The summed E-state index contributed by atoms with van der Waals surface area (Å²) in [5, 5.41) is 27.6. The zero-order valence-electron chi connectivity index (χ0n) is 80.1. The second kappa shape index (κ2) is 35.1. The summed E-state index contributed by atoms with van der Waals surface area (Å²) in [6.45, 7) is 56.9. The molecule has 22 rings (SSSR count). The molecule has 20 aromatic carbocycles. The number of rotatable bonds is 0. The van der Waals surface area contributed by atoms with Gasteiger partial charge in [0.2, 0.25) is 0 Å². The van der Waals surface area contributed by atoms with Crippen molar-refractivity contribution < 1.29 is 0 Å². The Morgan fingerprint density at radius 2 is 0.315 bits per heavy atom. The topological polar surface area (TPSA) is 0 Å². The number of benzene rings is 20. The molecule has 0 heterocycles. The predicted octanol–water partition coefficient (Wildman–Crippen LogP) is 35.7.